The van der Waals surface area contributed by atoms with Crippen molar-refractivity contribution in [3.05, 3.63) is 71.7 Å². The molecule has 2 aliphatic rings. The van der Waals surface area contributed by atoms with Gasteiger partial charge in [-0.1, -0.05) is 30.3 Å². The van der Waals surface area contributed by atoms with Gasteiger partial charge in [0.05, 0.1) is 5.54 Å². The lowest BCUT2D eigenvalue weighted by Gasteiger charge is -2.32. The van der Waals surface area contributed by atoms with Crippen molar-refractivity contribution in [2.75, 3.05) is 6.54 Å². The lowest BCUT2D eigenvalue weighted by molar-refractivity contribution is 0.0631. The Kier molecular flexibility index (Phi) is 4.24. The van der Waals surface area contributed by atoms with Crippen LogP contribution in [0.5, 0.6) is 0 Å². The number of fused-ring (bicyclic) bond motifs is 2. The Hall–Kier alpha value is -2.66. The molecule has 2 saturated carbocycles. The summed E-state index contributed by atoms with van der Waals surface area (Å²) >= 11 is 0. The molecule has 5 rings (SSSR count). The van der Waals surface area contributed by atoms with Crippen LogP contribution in [0.25, 0.3) is 10.9 Å². The van der Waals surface area contributed by atoms with Gasteiger partial charge in [0.25, 0.3) is 5.91 Å². The smallest absolute Gasteiger partial charge is 0.270 e. The molecule has 0 radical (unpaired) electrons. The molecule has 29 heavy (non-hydrogen) atoms. The second-order valence-corrected chi connectivity index (χ2v) is 8.44. The number of halogens is 1. The summed E-state index contributed by atoms with van der Waals surface area (Å²) in [5.74, 6) is -0.134. The van der Waals surface area contributed by atoms with E-state index in [4.69, 9.17) is 0 Å². The van der Waals surface area contributed by atoms with E-state index >= 15 is 0 Å². The number of aromatic amines is 1. The molecule has 0 aliphatic heterocycles. The molecular weight excluding hydrogens is 365 g/mol. The lowest BCUT2D eigenvalue weighted by atomic mass is 10.1. The molecule has 2 aliphatic carbocycles. The van der Waals surface area contributed by atoms with Crippen LogP contribution >= 0.6 is 0 Å². The summed E-state index contributed by atoms with van der Waals surface area (Å²) in [7, 11) is 0. The molecule has 4 nitrogen and oxygen atoms in total. The summed E-state index contributed by atoms with van der Waals surface area (Å²) in [6.07, 6.45) is 4.21. The van der Waals surface area contributed by atoms with E-state index in [9.17, 15) is 9.18 Å². The van der Waals surface area contributed by atoms with E-state index in [0.717, 1.165) is 42.1 Å². The Bertz CT molecular complexity index is 1030. The van der Waals surface area contributed by atoms with Crippen LogP contribution < -0.4 is 5.32 Å². The molecule has 2 fully saturated rings. The third-order valence-electron chi connectivity index (χ3n) is 6.94. The Morgan fingerprint density at radius 3 is 2.72 bits per heavy atom. The van der Waals surface area contributed by atoms with E-state index in [2.05, 4.69) is 22.1 Å². The van der Waals surface area contributed by atoms with Gasteiger partial charge in [0.1, 0.15) is 11.5 Å². The third kappa shape index (κ3) is 2.87. The standard InChI is InChI=1S/C24H26FN3O/c1-2-28(22(29)21-14-18-6-3-4-7-20(18)27-21)24-13-5-12-23(24,16-24)26-15-17-8-10-19(25)11-9-17/h3-4,6-11,14,26-27H,2,5,12-13,15-16H2,1H3/t23-,24+/m0/s1. The molecule has 2 N–H and O–H groups in total. The van der Waals surface area contributed by atoms with Crippen LogP contribution in [0.3, 0.4) is 0 Å². The van der Waals surface area contributed by atoms with Crippen LogP contribution in [0.2, 0.25) is 0 Å². The fourth-order valence-electron chi connectivity index (χ4n) is 5.44. The molecule has 1 amide bonds. The van der Waals surface area contributed by atoms with E-state index in [1.165, 1.54) is 12.1 Å². The summed E-state index contributed by atoms with van der Waals surface area (Å²) in [4.78, 5) is 18.8. The monoisotopic (exact) mass is 391 g/mol. The number of rotatable bonds is 6. The third-order valence-corrected chi connectivity index (χ3v) is 6.94. The zero-order chi connectivity index (χ0) is 20.1. The van der Waals surface area contributed by atoms with Gasteiger partial charge in [0, 0.05) is 29.5 Å². The molecule has 1 heterocycles. The van der Waals surface area contributed by atoms with Crippen LogP contribution in [-0.2, 0) is 6.54 Å². The van der Waals surface area contributed by atoms with Crippen molar-refractivity contribution in [3.63, 3.8) is 0 Å². The molecule has 0 saturated heterocycles. The fraction of sp³-hybridized carbons (Fsp3) is 0.375. The van der Waals surface area contributed by atoms with Gasteiger partial charge in [0.15, 0.2) is 0 Å². The number of aromatic nitrogens is 1. The Morgan fingerprint density at radius 1 is 1.17 bits per heavy atom. The Balaban J connectivity index is 1.37. The molecule has 2 aromatic carbocycles. The first-order valence-electron chi connectivity index (χ1n) is 10.5. The maximum absolute atomic E-state index is 13.4. The number of nitrogens with one attached hydrogen (secondary N) is 2. The van der Waals surface area contributed by atoms with Crippen molar-refractivity contribution in [2.45, 2.75) is 50.2 Å². The summed E-state index contributed by atoms with van der Waals surface area (Å²) in [5, 5.41) is 4.79. The predicted molar refractivity (Wildman–Crippen MR) is 112 cm³/mol. The minimum atomic E-state index is -0.213. The molecule has 0 unspecified atom stereocenters. The van der Waals surface area contributed by atoms with Crippen molar-refractivity contribution in [1.29, 1.82) is 0 Å². The highest BCUT2D eigenvalue weighted by atomic mass is 19.1. The quantitative estimate of drug-likeness (QED) is 0.644. The van der Waals surface area contributed by atoms with Gasteiger partial charge < -0.3 is 15.2 Å². The number of nitrogens with zero attached hydrogens (tertiary/aromatic N) is 1. The number of carbonyl (C=O) groups excluding carboxylic acids is 1. The number of para-hydroxylation sites is 1. The number of H-pyrrole nitrogens is 1. The number of hydrogen-bond donors (Lipinski definition) is 2. The average Bonchev–Trinajstić information content (AvgIpc) is 3.04. The first kappa shape index (κ1) is 18.4. The van der Waals surface area contributed by atoms with Gasteiger partial charge in [0.2, 0.25) is 0 Å². The fourth-order valence-corrected chi connectivity index (χ4v) is 5.44. The summed E-state index contributed by atoms with van der Waals surface area (Å²) in [5.41, 5.74) is 2.58. The van der Waals surface area contributed by atoms with Crippen molar-refractivity contribution in [3.8, 4) is 0 Å². The van der Waals surface area contributed by atoms with Crippen molar-refractivity contribution in [1.82, 2.24) is 15.2 Å². The number of hydrogen-bond acceptors (Lipinski definition) is 2. The van der Waals surface area contributed by atoms with Crippen LogP contribution in [-0.4, -0.2) is 33.4 Å². The lowest BCUT2D eigenvalue weighted by Crippen LogP contribution is -2.49. The summed E-state index contributed by atoms with van der Waals surface area (Å²) < 4.78 is 13.2. The largest absolute Gasteiger partial charge is 0.351 e. The van der Waals surface area contributed by atoms with Gasteiger partial charge in [-0.05, 0) is 62.4 Å². The van der Waals surface area contributed by atoms with E-state index in [1.807, 2.05) is 42.5 Å². The molecule has 5 heteroatoms. The molecule has 150 valence electrons. The van der Waals surface area contributed by atoms with Crippen LogP contribution in [0.15, 0.2) is 54.6 Å². The second-order valence-electron chi connectivity index (χ2n) is 8.44. The van der Waals surface area contributed by atoms with Gasteiger partial charge in [-0.25, -0.2) is 4.39 Å². The topological polar surface area (TPSA) is 48.1 Å². The Morgan fingerprint density at radius 2 is 1.97 bits per heavy atom. The SMILES string of the molecule is CCN(C(=O)c1cc2ccccc2[nH]1)[C@@]12CCC[C@]1(NCc1ccc(F)cc1)C2. The Labute approximate surface area is 170 Å². The maximum Gasteiger partial charge on any atom is 0.270 e. The average molecular weight is 391 g/mol. The van der Waals surface area contributed by atoms with Crippen molar-refractivity contribution < 1.29 is 9.18 Å². The highest BCUT2D eigenvalue weighted by molar-refractivity contribution is 5.98. The minimum Gasteiger partial charge on any atom is -0.351 e. The van der Waals surface area contributed by atoms with Crippen LogP contribution in [0.1, 0.15) is 48.7 Å². The first-order valence-corrected chi connectivity index (χ1v) is 10.5. The van der Waals surface area contributed by atoms with Gasteiger partial charge in [-0.15, -0.1) is 0 Å². The van der Waals surface area contributed by atoms with E-state index in [0.29, 0.717) is 18.8 Å². The highest BCUT2D eigenvalue weighted by Crippen LogP contribution is 2.63. The highest BCUT2D eigenvalue weighted by Gasteiger charge is 2.73. The summed E-state index contributed by atoms with van der Waals surface area (Å²) in [6, 6.07) is 16.6. The normalized spacial score (nSPS) is 25.2. The molecular formula is C24H26FN3O. The first-order chi connectivity index (χ1) is 14.1. The maximum atomic E-state index is 13.4. The zero-order valence-corrected chi connectivity index (χ0v) is 16.7. The van der Waals surface area contributed by atoms with E-state index < -0.39 is 0 Å². The predicted octanol–water partition coefficient (Wildman–Crippen LogP) is 4.62. The molecule has 3 aromatic rings. The van der Waals surface area contributed by atoms with Crippen LogP contribution in [0, 0.1) is 5.82 Å². The van der Waals surface area contributed by atoms with Crippen molar-refractivity contribution in [2.24, 2.45) is 0 Å². The molecule has 1 aromatic heterocycles. The van der Waals surface area contributed by atoms with E-state index in [1.54, 1.807) is 0 Å². The van der Waals surface area contributed by atoms with E-state index in [-0.39, 0.29) is 22.8 Å². The number of benzene rings is 2. The van der Waals surface area contributed by atoms with Crippen molar-refractivity contribution >= 4 is 16.8 Å². The number of likely N-dealkylation sites (N-methyl/N-ethyl adjacent to an activating group) is 1. The zero-order valence-electron chi connectivity index (χ0n) is 16.7. The molecule has 0 bridgehead atoms. The van der Waals surface area contributed by atoms with Crippen LogP contribution in [0.4, 0.5) is 4.39 Å². The summed E-state index contributed by atoms with van der Waals surface area (Å²) in [6.45, 7) is 3.45. The minimum absolute atomic E-state index is 0.0287. The van der Waals surface area contributed by atoms with Gasteiger partial charge in [-0.3, -0.25) is 4.79 Å². The van der Waals surface area contributed by atoms with Gasteiger partial charge in [-0.2, -0.15) is 0 Å². The van der Waals surface area contributed by atoms with Gasteiger partial charge >= 0.3 is 0 Å². The second kappa shape index (κ2) is 6.70. The number of carbonyl (C=O) groups is 1. The molecule has 2 atom stereocenters. The number of amides is 1. The molecule has 0 spiro atoms.